The monoisotopic (exact) mass is 536 g/mol. The molecule has 4 rings (SSSR count). The summed E-state index contributed by atoms with van der Waals surface area (Å²) in [5, 5.41) is 16.5. The van der Waals surface area contributed by atoms with Crippen LogP contribution in [0.1, 0.15) is 45.8 Å². The standard InChI is InChI=1S/C29H30F2N4O4/c1-3-22-16-34-17-23(28(38)33-14-20-9-10-21(30)11-24(20)31)26(36)27(37)25(34)29(39)35(22)15-18(2)12-32-13-19-7-5-4-6-8-19/h3-11,17-18,32,37H,12-16H2,1-2H3,(H,33,38)/b22-3+/t18-/m0/s1. The fraction of sp³-hybridized carbons (Fsp3) is 0.276. The Morgan fingerprint density at radius 2 is 1.87 bits per heavy atom. The first kappa shape index (κ1) is 27.7. The Kier molecular flexibility index (Phi) is 8.55. The third kappa shape index (κ3) is 6.23. The SMILES string of the molecule is C/C=C1\Cn2cc(C(=O)NCc3ccc(F)cc3F)c(=O)c(O)c2C(=O)N1C[C@@H](C)CNCc1ccccc1. The maximum Gasteiger partial charge on any atom is 0.278 e. The molecule has 2 amide bonds. The van der Waals surface area contributed by atoms with Gasteiger partial charge in [-0.1, -0.05) is 49.4 Å². The van der Waals surface area contributed by atoms with Crippen molar-refractivity contribution in [2.75, 3.05) is 13.1 Å². The number of hydrogen-bond donors (Lipinski definition) is 3. The summed E-state index contributed by atoms with van der Waals surface area (Å²) in [6.45, 7) is 5.33. The zero-order valence-electron chi connectivity index (χ0n) is 21.7. The van der Waals surface area contributed by atoms with Gasteiger partial charge in [0.1, 0.15) is 17.2 Å². The summed E-state index contributed by atoms with van der Waals surface area (Å²) in [6.07, 6.45) is 2.99. The highest BCUT2D eigenvalue weighted by molar-refractivity contribution is 5.99. The Labute approximate surface area is 224 Å². The number of rotatable bonds is 9. The van der Waals surface area contributed by atoms with Gasteiger partial charge in [-0.15, -0.1) is 0 Å². The van der Waals surface area contributed by atoms with Crippen LogP contribution in [-0.4, -0.2) is 39.5 Å². The van der Waals surface area contributed by atoms with E-state index in [4.69, 9.17) is 0 Å². The number of carbonyl (C=O) groups is 2. The van der Waals surface area contributed by atoms with E-state index in [0.29, 0.717) is 31.4 Å². The maximum atomic E-state index is 13.9. The van der Waals surface area contributed by atoms with Gasteiger partial charge in [0.25, 0.3) is 11.8 Å². The number of halogens is 2. The van der Waals surface area contributed by atoms with Gasteiger partial charge in [0, 0.05) is 43.2 Å². The summed E-state index contributed by atoms with van der Waals surface area (Å²) in [5.74, 6) is -3.76. The van der Waals surface area contributed by atoms with Gasteiger partial charge in [-0.3, -0.25) is 14.4 Å². The van der Waals surface area contributed by atoms with Crippen LogP contribution in [0.2, 0.25) is 0 Å². The predicted molar refractivity (Wildman–Crippen MR) is 142 cm³/mol. The molecule has 1 aliphatic rings. The minimum Gasteiger partial charge on any atom is -0.503 e. The highest BCUT2D eigenvalue weighted by Gasteiger charge is 2.33. The highest BCUT2D eigenvalue weighted by Crippen LogP contribution is 2.26. The topological polar surface area (TPSA) is 104 Å². The molecule has 2 heterocycles. The van der Waals surface area contributed by atoms with E-state index in [1.807, 2.05) is 37.3 Å². The smallest absolute Gasteiger partial charge is 0.278 e. The van der Waals surface area contributed by atoms with Crippen LogP contribution in [0.5, 0.6) is 5.75 Å². The molecule has 0 saturated heterocycles. The Morgan fingerprint density at radius 3 is 2.56 bits per heavy atom. The van der Waals surface area contributed by atoms with Crippen molar-refractivity contribution in [3.05, 3.63) is 111 Å². The average Bonchev–Trinajstić information content (AvgIpc) is 2.91. The van der Waals surface area contributed by atoms with Crippen molar-refractivity contribution in [3.8, 4) is 5.75 Å². The van der Waals surface area contributed by atoms with Crippen LogP contribution in [0.15, 0.2) is 71.3 Å². The lowest BCUT2D eigenvalue weighted by Crippen LogP contribution is -2.44. The summed E-state index contributed by atoms with van der Waals surface area (Å²) in [5.41, 5.74) is 0.235. The number of nitrogens with zero attached hydrogens (tertiary/aromatic N) is 2. The summed E-state index contributed by atoms with van der Waals surface area (Å²) in [7, 11) is 0. The third-order valence-corrected chi connectivity index (χ3v) is 6.57. The molecule has 0 spiro atoms. The first-order valence-corrected chi connectivity index (χ1v) is 12.6. The molecular weight excluding hydrogens is 506 g/mol. The van der Waals surface area contributed by atoms with Gasteiger partial charge in [0.2, 0.25) is 5.43 Å². The quantitative estimate of drug-likeness (QED) is 0.388. The lowest BCUT2D eigenvalue weighted by molar-refractivity contribution is 0.0736. The molecule has 8 nitrogen and oxygen atoms in total. The number of aromatic hydroxyl groups is 1. The van der Waals surface area contributed by atoms with Crippen molar-refractivity contribution in [1.29, 1.82) is 0 Å². The number of amides is 2. The number of fused-ring (bicyclic) bond motifs is 1. The van der Waals surface area contributed by atoms with Crippen molar-refractivity contribution in [1.82, 2.24) is 20.1 Å². The van der Waals surface area contributed by atoms with Crippen LogP contribution < -0.4 is 16.1 Å². The van der Waals surface area contributed by atoms with E-state index in [-0.39, 0.29) is 30.3 Å². The number of pyridine rings is 1. The fourth-order valence-electron chi connectivity index (χ4n) is 4.50. The minimum atomic E-state index is -1.01. The Bertz CT molecular complexity index is 1470. The molecule has 2 aromatic carbocycles. The molecule has 0 bridgehead atoms. The lowest BCUT2D eigenvalue weighted by atomic mass is 10.1. The van der Waals surface area contributed by atoms with E-state index in [2.05, 4.69) is 10.6 Å². The first-order chi connectivity index (χ1) is 18.7. The minimum absolute atomic E-state index is 0.0291. The number of benzene rings is 2. The summed E-state index contributed by atoms with van der Waals surface area (Å²) >= 11 is 0. The van der Waals surface area contributed by atoms with Gasteiger partial charge in [0.05, 0.1) is 6.54 Å². The predicted octanol–water partition coefficient (Wildman–Crippen LogP) is 3.55. The number of nitrogens with one attached hydrogen (secondary N) is 2. The molecule has 3 aromatic rings. The maximum absolute atomic E-state index is 13.9. The molecule has 0 aliphatic carbocycles. The molecule has 39 heavy (non-hydrogen) atoms. The van der Waals surface area contributed by atoms with Gasteiger partial charge in [0.15, 0.2) is 11.4 Å². The molecule has 1 atom stereocenters. The fourth-order valence-corrected chi connectivity index (χ4v) is 4.50. The zero-order valence-corrected chi connectivity index (χ0v) is 21.7. The highest BCUT2D eigenvalue weighted by atomic mass is 19.1. The van der Waals surface area contributed by atoms with Crippen LogP contribution in [0.4, 0.5) is 8.78 Å². The van der Waals surface area contributed by atoms with Gasteiger partial charge in [-0.05, 0) is 31.0 Å². The molecular formula is C29H30F2N4O4. The summed E-state index contributed by atoms with van der Waals surface area (Å²) < 4.78 is 28.4. The molecule has 0 unspecified atom stereocenters. The van der Waals surface area contributed by atoms with Gasteiger partial charge < -0.3 is 25.2 Å². The van der Waals surface area contributed by atoms with Crippen molar-refractivity contribution in [3.63, 3.8) is 0 Å². The van der Waals surface area contributed by atoms with Crippen LogP contribution >= 0.6 is 0 Å². The second-order valence-corrected chi connectivity index (χ2v) is 9.53. The molecule has 10 heteroatoms. The van der Waals surface area contributed by atoms with Gasteiger partial charge in [-0.25, -0.2) is 8.78 Å². The van der Waals surface area contributed by atoms with E-state index in [1.54, 1.807) is 17.9 Å². The average molecular weight is 537 g/mol. The third-order valence-electron chi connectivity index (χ3n) is 6.57. The van der Waals surface area contributed by atoms with E-state index >= 15 is 0 Å². The molecule has 1 aromatic heterocycles. The second-order valence-electron chi connectivity index (χ2n) is 9.53. The van der Waals surface area contributed by atoms with E-state index in [9.17, 15) is 28.3 Å². The molecule has 204 valence electrons. The van der Waals surface area contributed by atoms with Crippen molar-refractivity contribution in [2.24, 2.45) is 5.92 Å². The Morgan fingerprint density at radius 1 is 1.13 bits per heavy atom. The first-order valence-electron chi connectivity index (χ1n) is 12.6. The van der Waals surface area contributed by atoms with Crippen molar-refractivity contribution >= 4 is 11.8 Å². The van der Waals surface area contributed by atoms with Crippen LogP contribution in [-0.2, 0) is 19.6 Å². The number of hydrogen-bond acceptors (Lipinski definition) is 5. The van der Waals surface area contributed by atoms with E-state index in [0.717, 1.165) is 11.6 Å². The van der Waals surface area contributed by atoms with Crippen LogP contribution in [0.3, 0.4) is 0 Å². The zero-order chi connectivity index (χ0) is 28.1. The number of aromatic nitrogens is 1. The molecule has 0 saturated carbocycles. The van der Waals surface area contributed by atoms with E-state index in [1.165, 1.54) is 16.8 Å². The summed E-state index contributed by atoms with van der Waals surface area (Å²) in [4.78, 5) is 40.6. The van der Waals surface area contributed by atoms with E-state index < -0.39 is 40.2 Å². The van der Waals surface area contributed by atoms with Gasteiger partial charge >= 0.3 is 0 Å². The number of carbonyl (C=O) groups excluding carboxylic acids is 2. The molecule has 0 radical (unpaired) electrons. The molecule has 0 fully saturated rings. The van der Waals surface area contributed by atoms with Crippen LogP contribution in [0, 0.1) is 17.6 Å². The number of allylic oxidation sites excluding steroid dienone is 2. The second kappa shape index (κ2) is 12.0. The lowest BCUT2D eigenvalue weighted by Gasteiger charge is -2.34. The largest absolute Gasteiger partial charge is 0.503 e. The van der Waals surface area contributed by atoms with Crippen molar-refractivity contribution in [2.45, 2.75) is 33.5 Å². The van der Waals surface area contributed by atoms with Crippen molar-refractivity contribution < 1.29 is 23.5 Å². The Balaban J connectivity index is 1.48. The van der Waals surface area contributed by atoms with Gasteiger partial charge in [-0.2, -0.15) is 0 Å². The summed E-state index contributed by atoms with van der Waals surface area (Å²) in [6, 6.07) is 12.9. The normalized spacial score (nSPS) is 14.8. The molecule has 3 N–H and O–H groups in total. The van der Waals surface area contributed by atoms with Crippen LogP contribution in [0.25, 0.3) is 0 Å². The molecule has 1 aliphatic heterocycles. The Hall–Kier alpha value is -4.31.